The van der Waals surface area contributed by atoms with Crippen molar-refractivity contribution in [2.45, 2.75) is 27.7 Å². The van der Waals surface area contributed by atoms with Crippen molar-refractivity contribution >= 4 is 23.2 Å². The first-order valence-electron chi connectivity index (χ1n) is 4.75. The van der Waals surface area contributed by atoms with Gasteiger partial charge in [-0.05, 0) is 18.6 Å². The Balaban J connectivity index is 2.95. The summed E-state index contributed by atoms with van der Waals surface area (Å²) in [5.41, 5.74) is 1.07. The van der Waals surface area contributed by atoms with Gasteiger partial charge in [0, 0.05) is 11.6 Å². The lowest BCUT2D eigenvalue weighted by Gasteiger charge is -2.18. The van der Waals surface area contributed by atoms with E-state index in [4.69, 9.17) is 11.6 Å². The highest BCUT2D eigenvalue weighted by molar-refractivity contribution is 6.32. The highest BCUT2D eigenvalue weighted by Gasteiger charge is 2.22. The summed E-state index contributed by atoms with van der Waals surface area (Å²) in [5, 5.41) is 3.11. The Labute approximate surface area is 94.9 Å². The van der Waals surface area contributed by atoms with E-state index in [0.717, 1.165) is 5.56 Å². The zero-order valence-corrected chi connectivity index (χ0v) is 10.1. The third kappa shape index (κ3) is 2.93. The molecule has 1 heterocycles. The lowest BCUT2D eigenvalue weighted by molar-refractivity contribution is -0.123. The normalized spacial score (nSPS) is 11.3. The van der Waals surface area contributed by atoms with E-state index in [0.29, 0.717) is 10.8 Å². The van der Waals surface area contributed by atoms with Crippen molar-refractivity contribution in [2.24, 2.45) is 5.41 Å². The van der Waals surface area contributed by atoms with E-state index in [2.05, 4.69) is 10.3 Å². The van der Waals surface area contributed by atoms with Gasteiger partial charge in [0.15, 0.2) is 5.15 Å². The van der Waals surface area contributed by atoms with Crippen molar-refractivity contribution < 1.29 is 4.79 Å². The van der Waals surface area contributed by atoms with Gasteiger partial charge >= 0.3 is 0 Å². The molecule has 1 amide bonds. The van der Waals surface area contributed by atoms with Crippen LogP contribution in [0.3, 0.4) is 0 Å². The first kappa shape index (κ1) is 12.0. The van der Waals surface area contributed by atoms with Gasteiger partial charge in [0.1, 0.15) is 0 Å². The summed E-state index contributed by atoms with van der Waals surface area (Å²) in [6.07, 6.45) is 1.62. The Hall–Kier alpha value is -1.09. The van der Waals surface area contributed by atoms with Gasteiger partial charge in [-0.2, -0.15) is 0 Å². The number of hydrogen-bond acceptors (Lipinski definition) is 2. The maximum absolute atomic E-state index is 11.7. The van der Waals surface area contributed by atoms with Crippen LogP contribution in [0.15, 0.2) is 12.3 Å². The number of pyridine rings is 1. The summed E-state index contributed by atoms with van der Waals surface area (Å²) in [7, 11) is 0. The van der Waals surface area contributed by atoms with E-state index in [1.54, 1.807) is 6.20 Å². The summed E-state index contributed by atoms with van der Waals surface area (Å²) < 4.78 is 0. The number of nitrogens with zero attached hydrogens (tertiary/aromatic N) is 1. The van der Waals surface area contributed by atoms with E-state index in [1.807, 2.05) is 33.8 Å². The number of rotatable bonds is 1. The number of amides is 1. The van der Waals surface area contributed by atoms with Crippen LogP contribution in [0.5, 0.6) is 0 Å². The van der Waals surface area contributed by atoms with E-state index in [-0.39, 0.29) is 5.91 Å². The molecule has 4 heteroatoms. The highest BCUT2D eigenvalue weighted by Crippen LogP contribution is 2.25. The van der Waals surface area contributed by atoms with Gasteiger partial charge in [0.05, 0.1) is 5.69 Å². The number of halogens is 1. The van der Waals surface area contributed by atoms with Crippen LogP contribution in [0.2, 0.25) is 5.15 Å². The number of anilines is 1. The number of aryl methyl sites for hydroxylation is 1. The fraction of sp³-hybridized carbons (Fsp3) is 0.455. The van der Waals surface area contributed by atoms with Crippen molar-refractivity contribution in [2.75, 3.05) is 5.32 Å². The first-order chi connectivity index (χ1) is 6.82. The molecule has 1 aromatic rings. The minimum absolute atomic E-state index is 0.0690. The molecule has 0 aliphatic carbocycles. The quantitative estimate of drug-likeness (QED) is 0.748. The summed E-state index contributed by atoms with van der Waals surface area (Å²) in [6, 6.07) is 1.81. The second kappa shape index (κ2) is 4.19. The molecule has 0 atom stereocenters. The molecule has 0 saturated carbocycles. The zero-order valence-electron chi connectivity index (χ0n) is 9.39. The SMILES string of the molecule is Cc1ccnc(Cl)c1NC(=O)C(C)(C)C. The Morgan fingerprint density at radius 1 is 1.47 bits per heavy atom. The van der Waals surface area contributed by atoms with Gasteiger partial charge in [0.25, 0.3) is 0 Å². The second-order valence-corrected chi connectivity index (χ2v) is 4.86. The molecule has 0 spiro atoms. The average molecular weight is 227 g/mol. The molecule has 0 aliphatic rings. The van der Waals surface area contributed by atoms with Gasteiger partial charge in [-0.15, -0.1) is 0 Å². The molecule has 1 rings (SSSR count). The molecule has 3 nitrogen and oxygen atoms in total. The van der Waals surface area contributed by atoms with Crippen molar-refractivity contribution in [3.8, 4) is 0 Å². The highest BCUT2D eigenvalue weighted by atomic mass is 35.5. The number of aromatic nitrogens is 1. The fourth-order valence-corrected chi connectivity index (χ4v) is 1.23. The Morgan fingerprint density at radius 2 is 2.07 bits per heavy atom. The number of carbonyl (C=O) groups excluding carboxylic acids is 1. The summed E-state index contributed by atoms with van der Waals surface area (Å²) >= 11 is 5.90. The minimum atomic E-state index is -0.439. The molecule has 1 N–H and O–H groups in total. The topological polar surface area (TPSA) is 42.0 Å². The molecule has 0 bridgehead atoms. The van der Waals surface area contributed by atoms with Crippen LogP contribution in [0.25, 0.3) is 0 Å². The van der Waals surface area contributed by atoms with Crippen LogP contribution in [0.4, 0.5) is 5.69 Å². The standard InChI is InChI=1S/C11H15ClN2O/c1-7-5-6-13-9(12)8(7)14-10(15)11(2,3)4/h5-6H,1-4H3,(H,14,15). The van der Waals surface area contributed by atoms with Crippen molar-refractivity contribution in [3.63, 3.8) is 0 Å². The maximum Gasteiger partial charge on any atom is 0.229 e. The third-order valence-electron chi connectivity index (χ3n) is 2.03. The molecule has 15 heavy (non-hydrogen) atoms. The Bertz CT molecular complexity index is 362. The molecule has 0 radical (unpaired) electrons. The molecule has 0 aromatic carbocycles. The van der Waals surface area contributed by atoms with E-state index in [1.165, 1.54) is 0 Å². The van der Waals surface area contributed by atoms with Gasteiger partial charge in [-0.3, -0.25) is 4.79 Å². The van der Waals surface area contributed by atoms with Crippen LogP contribution in [0.1, 0.15) is 26.3 Å². The van der Waals surface area contributed by atoms with E-state index < -0.39 is 5.41 Å². The summed E-state index contributed by atoms with van der Waals surface area (Å²) in [6.45, 7) is 7.43. The van der Waals surface area contributed by atoms with Gasteiger partial charge < -0.3 is 5.32 Å². The number of carbonyl (C=O) groups is 1. The predicted molar refractivity (Wildman–Crippen MR) is 62.1 cm³/mol. The van der Waals surface area contributed by atoms with Crippen molar-refractivity contribution in [3.05, 3.63) is 23.0 Å². The third-order valence-corrected chi connectivity index (χ3v) is 2.32. The molecule has 1 aromatic heterocycles. The molecule has 0 aliphatic heterocycles. The number of hydrogen-bond donors (Lipinski definition) is 1. The van der Waals surface area contributed by atoms with Gasteiger partial charge in [-0.1, -0.05) is 32.4 Å². The van der Waals surface area contributed by atoms with Crippen molar-refractivity contribution in [1.82, 2.24) is 4.98 Å². The van der Waals surface area contributed by atoms with E-state index in [9.17, 15) is 4.79 Å². The molecule has 82 valence electrons. The molecular weight excluding hydrogens is 212 g/mol. The van der Waals surface area contributed by atoms with Crippen LogP contribution in [0, 0.1) is 12.3 Å². The minimum Gasteiger partial charge on any atom is -0.323 e. The fourth-order valence-electron chi connectivity index (χ4n) is 0.976. The lowest BCUT2D eigenvalue weighted by atomic mass is 9.95. The van der Waals surface area contributed by atoms with Crippen LogP contribution < -0.4 is 5.32 Å². The Morgan fingerprint density at radius 3 is 2.53 bits per heavy atom. The van der Waals surface area contributed by atoms with E-state index >= 15 is 0 Å². The lowest BCUT2D eigenvalue weighted by Crippen LogP contribution is -2.28. The monoisotopic (exact) mass is 226 g/mol. The smallest absolute Gasteiger partial charge is 0.229 e. The second-order valence-electron chi connectivity index (χ2n) is 4.50. The van der Waals surface area contributed by atoms with Gasteiger partial charge in [0.2, 0.25) is 5.91 Å². The van der Waals surface area contributed by atoms with Crippen LogP contribution in [-0.4, -0.2) is 10.9 Å². The first-order valence-corrected chi connectivity index (χ1v) is 5.12. The average Bonchev–Trinajstić information content (AvgIpc) is 2.09. The summed E-state index contributed by atoms with van der Waals surface area (Å²) in [5.74, 6) is -0.0690. The largest absolute Gasteiger partial charge is 0.323 e. The predicted octanol–water partition coefficient (Wildman–Crippen LogP) is 3.03. The molecule has 0 saturated heterocycles. The van der Waals surface area contributed by atoms with Crippen LogP contribution >= 0.6 is 11.6 Å². The zero-order chi connectivity index (χ0) is 11.6. The Kier molecular flexibility index (Phi) is 3.35. The summed E-state index contributed by atoms with van der Waals surface area (Å²) in [4.78, 5) is 15.7. The molecular formula is C11H15ClN2O. The van der Waals surface area contributed by atoms with Gasteiger partial charge in [-0.25, -0.2) is 4.98 Å². The van der Waals surface area contributed by atoms with Crippen molar-refractivity contribution in [1.29, 1.82) is 0 Å². The molecule has 0 fully saturated rings. The molecule has 0 unspecified atom stereocenters. The van der Waals surface area contributed by atoms with Crippen LogP contribution in [-0.2, 0) is 4.79 Å². The number of nitrogens with one attached hydrogen (secondary N) is 1. The maximum atomic E-state index is 11.7.